The van der Waals surface area contributed by atoms with Gasteiger partial charge in [-0.25, -0.2) is 4.39 Å². The number of para-hydroxylation sites is 1. The molecular weight excluding hydrogens is 413 g/mol. The second kappa shape index (κ2) is 9.01. The van der Waals surface area contributed by atoms with Crippen LogP contribution in [0.25, 0.3) is 10.7 Å². The molecule has 0 radical (unpaired) electrons. The normalized spacial score (nSPS) is 10.9. The number of aromatic nitrogens is 5. The van der Waals surface area contributed by atoms with E-state index in [9.17, 15) is 4.39 Å². The molecule has 1 aromatic carbocycles. The standard InChI is InChI=1S/C19H16FN5O2S2/c1-2-9-25-16(11-26-14-7-4-3-6-13(14)20)22-23-19(25)29-12-17-21-18(24-27-17)15-8-5-10-28-15/h2-8,10H,1,9,11-12H2. The molecular formula is C19H16FN5O2S2. The highest BCUT2D eigenvalue weighted by molar-refractivity contribution is 7.98. The van der Waals surface area contributed by atoms with Gasteiger partial charge in [0.05, 0.1) is 10.6 Å². The number of allylic oxidation sites excluding steroid dienone is 1. The van der Waals surface area contributed by atoms with Gasteiger partial charge >= 0.3 is 0 Å². The minimum absolute atomic E-state index is 0.0887. The second-order valence-electron chi connectivity index (χ2n) is 5.79. The number of hydrogen-bond acceptors (Lipinski definition) is 8. The van der Waals surface area contributed by atoms with Crippen molar-refractivity contribution in [3.8, 4) is 16.5 Å². The van der Waals surface area contributed by atoms with E-state index in [-0.39, 0.29) is 12.4 Å². The average molecular weight is 430 g/mol. The van der Waals surface area contributed by atoms with Gasteiger partial charge in [0, 0.05) is 6.54 Å². The first kappa shape index (κ1) is 19.3. The van der Waals surface area contributed by atoms with Crippen LogP contribution in [0.3, 0.4) is 0 Å². The van der Waals surface area contributed by atoms with Gasteiger partial charge in [-0.1, -0.05) is 41.2 Å². The highest BCUT2D eigenvalue weighted by Gasteiger charge is 2.16. The van der Waals surface area contributed by atoms with Gasteiger partial charge in [-0.05, 0) is 23.6 Å². The topological polar surface area (TPSA) is 78.9 Å². The number of hydrogen-bond donors (Lipinski definition) is 0. The first-order chi connectivity index (χ1) is 14.2. The zero-order valence-corrected chi connectivity index (χ0v) is 16.8. The van der Waals surface area contributed by atoms with E-state index in [1.54, 1.807) is 35.6 Å². The van der Waals surface area contributed by atoms with Crippen LogP contribution in [0.4, 0.5) is 4.39 Å². The van der Waals surface area contributed by atoms with E-state index in [4.69, 9.17) is 9.26 Å². The molecule has 3 aromatic heterocycles. The van der Waals surface area contributed by atoms with E-state index in [0.717, 1.165) is 4.88 Å². The lowest BCUT2D eigenvalue weighted by Gasteiger charge is -2.09. The fourth-order valence-electron chi connectivity index (χ4n) is 2.49. The van der Waals surface area contributed by atoms with Crippen LogP contribution in [0.2, 0.25) is 0 Å². The Hall–Kier alpha value is -2.98. The SMILES string of the molecule is C=CCn1c(COc2ccccc2F)nnc1SCc1nc(-c2cccs2)no1. The minimum atomic E-state index is -0.421. The Kier molecular flexibility index (Phi) is 6.01. The van der Waals surface area contributed by atoms with Crippen LogP contribution in [0.1, 0.15) is 11.7 Å². The van der Waals surface area contributed by atoms with Gasteiger partial charge in [-0.2, -0.15) is 4.98 Å². The number of thiophene rings is 1. The van der Waals surface area contributed by atoms with Crippen LogP contribution >= 0.6 is 23.1 Å². The molecule has 0 aliphatic rings. The number of rotatable bonds is 9. The maximum absolute atomic E-state index is 13.7. The Balaban J connectivity index is 1.43. The molecule has 0 amide bonds. The first-order valence-corrected chi connectivity index (χ1v) is 10.5. The molecule has 7 nitrogen and oxygen atoms in total. The molecule has 0 atom stereocenters. The fourth-order valence-corrected chi connectivity index (χ4v) is 3.95. The molecule has 10 heteroatoms. The van der Waals surface area contributed by atoms with Gasteiger partial charge in [0.2, 0.25) is 11.7 Å². The third-order valence-electron chi connectivity index (χ3n) is 3.83. The second-order valence-corrected chi connectivity index (χ2v) is 7.69. The molecule has 29 heavy (non-hydrogen) atoms. The van der Waals surface area contributed by atoms with Crippen LogP contribution in [0, 0.1) is 5.82 Å². The molecule has 0 spiro atoms. The third-order valence-corrected chi connectivity index (χ3v) is 5.65. The van der Waals surface area contributed by atoms with Crippen molar-refractivity contribution in [1.29, 1.82) is 0 Å². The molecule has 3 heterocycles. The van der Waals surface area contributed by atoms with Crippen molar-refractivity contribution in [1.82, 2.24) is 24.9 Å². The highest BCUT2D eigenvalue weighted by atomic mass is 32.2. The van der Waals surface area contributed by atoms with Gasteiger partial charge in [0.25, 0.3) is 0 Å². The van der Waals surface area contributed by atoms with E-state index in [2.05, 4.69) is 26.9 Å². The molecule has 4 aromatic rings. The molecule has 0 fully saturated rings. The summed E-state index contributed by atoms with van der Waals surface area (Å²) >= 11 is 2.97. The van der Waals surface area contributed by atoms with Gasteiger partial charge in [-0.3, -0.25) is 4.57 Å². The first-order valence-electron chi connectivity index (χ1n) is 8.64. The summed E-state index contributed by atoms with van der Waals surface area (Å²) in [7, 11) is 0. The summed E-state index contributed by atoms with van der Waals surface area (Å²) in [5.74, 6) is 1.83. The Morgan fingerprint density at radius 1 is 1.24 bits per heavy atom. The van der Waals surface area contributed by atoms with Crippen LogP contribution in [0.5, 0.6) is 5.75 Å². The number of nitrogens with zero attached hydrogens (tertiary/aromatic N) is 5. The molecule has 0 saturated heterocycles. The number of halogens is 1. The molecule has 4 rings (SSSR count). The summed E-state index contributed by atoms with van der Waals surface area (Å²) in [6.07, 6.45) is 1.74. The third kappa shape index (κ3) is 4.54. The smallest absolute Gasteiger partial charge is 0.237 e. The van der Waals surface area contributed by atoms with Crippen LogP contribution in [-0.4, -0.2) is 24.9 Å². The van der Waals surface area contributed by atoms with Crippen LogP contribution in [0.15, 0.2) is 64.1 Å². The van der Waals surface area contributed by atoms with Crippen molar-refractivity contribution in [3.63, 3.8) is 0 Å². The van der Waals surface area contributed by atoms with Crippen LogP contribution < -0.4 is 4.74 Å². The largest absolute Gasteiger partial charge is 0.483 e. The molecule has 0 bridgehead atoms. The van der Waals surface area contributed by atoms with E-state index >= 15 is 0 Å². The summed E-state index contributed by atoms with van der Waals surface area (Å²) in [5.41, 5.74) is 0. The number of thioether (sulfide) groups is 1. The molecule has 148 valence electrons. The lowest BCUT2D eigenvalue weighted by atomic mass is 10.3. The van der Waals surface area contributed by atoms with Crippen LogP contribution in [-0.2, 0) is 18.9 Å². The van der Waals surface area contributed by atoms with Crippen molar-refractivity contribution in [2.45, 2.75) is 24.1 Å². The van der Waals surface area contributed by atoms with Crippen molar-refractivity contribution >= 4 is 23.1 Å². The average Bonchev–Trinajstić information content (AvgIpc) is 3.47. The Labute approximate surface area is 174 Å². The summed E-state index contributed by atoms with van der Waals surface area (Å²) in [5, 5.41) is 15.0. The lowest BCUT2D eigenvalue weighted by Crippen LogP contribution is -2.08. The zero-order chi connectivity index (χ0) is 20.1. The number of benzene rings is 1. The number of ether oxygens (including phenoxy) is 1. The maximum atomic E-state index is 13.7. The Morgan fingerprint density at radius 2 is 2.14 bits per heavy atom. The van der Waals surface area contributed by atoms with E-state index in [0.29, 0.717) is 35.0 Å². The minimum Gasteiger partial charge on any atom is -0.483 e. The van der Waals surface area contributed by atoms with Crippen molar-refractivity contribution < 1.29 is 13.7 Å². The summed E-state index contributed by atoms with van der Waals surface area (Å²) in [6.45, 7) is 4.36. The van der Waals surface area contributed by atoms with Crippen molar-refractivity contribution in [2.75, 3.05) is 0 Å². The molecule has 0 N–H and O–H groups in total. The summed E-state index contributed by atoms with van der Waals surface area (Å²) < 4.78 is 26.5. The van der Waals surface area contributed by atoms with E-state index in [1.807, 2.05) is 22.1 Å². The fraction of sp³-hybridized carbons (Fsp3) is 0.158. The van der Waals surface area contributed by atoms with Crippen molar-refractivity contribution in [2.24, 2.45) is 0 Å². The van der Waals surface area contributed by atoms with Crippen molar-refractivity contribution in [3.05, 3.63) is 72.0 Å². The molecule has 0 unspecified atom stereocenters. The predicted molar refractivity (Wildman–Crippen MR) is 108 cm³/mol. The van der Waals surface area contributed by atoms with Gasteiger partial charge in [0.15, 0.2) is 22.5 Å². The van der Waals surface area contributed by atoms with E-state index in [1.165, 1.54) is 17.8 Å². The van der Waals surface area contributed by atoms with Gasteiger partial charge in [0.1, 0.15) is 6.61 Å². The summed E-state index contributed by atoms with van der Waals surface area (Å²) in [6, 6.07) is 10.1. The Morgan fingerprint density at radius 3 is 2.93 bits per heavy atom. The molecule has 0 saturated carbocycles. The molecule has 0 aliphatic carbocycles. The van der Waals surface area contributed by atoms with E-state index < -0.39 is 5.82 Å². The maximum Gasteiger partial charge on any atom is 0.237 e. The lowest BCUT2D eigenvalue weighted by molar-refractivity contribution is 0.275. The van der Waals surface area contributed by atoms with Gasteiger partial charge in [-0.15, -0.1) is 28.1 Å². The predicted octanol–water partition coefficient (Wildman–Crippen LogP) is 4.59. The highest BCUT2D eigenvalue weighted by Crippen LogP contribution is 2.25. The monoisotopic (exact) mass is 429 g/mol. The molecule has 0 aliphatic heterocycles. The quantitative estimate of drug-likeness (QED) is 0.284. The van der Waals surface area contributed by atoms with Gasteiger partial charge < -0.3 is 9.26 Å². The summed E-state index contributed by atoms with van der Waals surface area (Å²) in [4.78, 5) is 5.36. The zero-order valence-electron chi connectivity index (χ0n) is 15.2. The Bertz CT molecular complexity index is 1090.